The molecule has 3 N–H and O–H groups in total. The van der Waals surface area contributed by atoms with E-state index in [1.807, 2.05) is 54.6 Å². The van der Waals surface area contributed by atoms with Crippen molar-refractivity contribution in [3.05, 3.63) is 102 Å². The number of carbonyl (C=O) groups is 1. The summed E-state index contributed by atoms with van der Waals surface area (Å²) in [6.07, 6.45) is -0.619. The number of nitrogens with one attached hydrogen (secondary N) is 3. The number of halogens is 3. The summed E-state index contributed by atoms with van der Waals surface area (Å²) in [7, 11) is 0. The van der Waals surface area contributed by atoms with Crippen molar-refractivity contribution in [1.82, 2.24) is 25.2 Å². The summed E-state index contributed by atoms with van der Waals surface area (Å²) in [5, 5.41) is 3.84. The van der Waals surface area contributed by atoms with Crippen molar-refractivity contribution in [2.45, 2.75) is 38.0 Å². The number of aromatic nitrogens is 3. The fraction of sp³-hybridized carbons (Fsp3) is 0.290. The topological polar surface area (TPSA) is 76.8 Å². The summed E-state index contributed by atoms with van der Waals surface area (Å²) in [6, 6.07) is 21.3. The molecule has 0 aliphatic carbocycles. The summed E-state index contributed by atoms with van der Waals surface area (Å²) in [6.45, 7) is 1.92. The van der Waals surface area contributed by atoms with Crippen molar-refractivity contribution in [3.8, 4) is 0 Å². The molecule has 1 aliphatic rings. The van der Waals surface area contributed by atoms with Crippen LogP contribution in [0.4, 0.5) is 13.2 Å². The molecule has 3 heterocycles. The third-order valence-electron chi connectivity index (χ3n) is 7.78. The minimum Gasteiger partial charge on any atom is -0.361 e. The van der Waals surface area contributed by atoms with Crippen LogP contribution in [0.25, 0.3) is 21.9 Å². The van der Waals surface area contributed by atoms with Gasteiger partial charge in [-0.15, -0.1) is 0 Å². The molecule has 1 atom stereocenters. The molecular weight excluding hydrogens is 515 g/mol. The Morgan fingerprint density at radius 3 is 2.50 bits per heavy atom. The van der Waals surface area contributed by atoms with Crippen LogP contribution >= 0.6 is 0 Å². The molecule has 0 bridgehead atoms. The Balaban J connectivity index is 1.12. The Bertz CT molecular complexity index is 1580. The largest absolute Gasteiger partial charge is 0.416 e. The number of para-hydroxylation sites is 2. The molecule has 3 aromatic carbocycles. The summed E-state index contributed by atoms with van der Waals surface area (Å²) < 4.78 is 39.7. The van der Waals surface area contributed by atoms with E-state index in [1.54, 1.807) is 6.20 Å². The number of amides is 1. The Morgan fingerprint density at radius 1 is 1.00 bits per heavy atom. The summed E-state index contributed by atoms with van der Waals surface area (Å²) >= 11 is 0. The molecule has 1 aliphatic heterocycles. The highest BCUT2D eigenvalue weighted by Gasteiger charge is 2.31. The van der Waals surface area contributed by atoms with Crippen molar-refractivity contribution in [2.24, 2.45) is 5.92 Å². The van der Waals surface area contributed by atoms with Gasteiger partial charge in [0.15, 0.2) is 0 Å². The Hall–Kier alpha value is -4.11. The first-order valence-corrected chi connectivity index (χ1v) is 13.5. The number of H-pyrrole nitrogens is 2. The van der Waals surface area contributed by atoms with Crippen LogP contribution in [0.1, 0.15) is 41.4 Å². The second-order valence-electron chi connectivity index (χ2n) is 10.5. The molecule has 40 heavy (non-hydrogen) atoms. The molecule has 1 saturated heterocycles. The molecule has 6 rings (SSSR count). The van der Waals surface area contributed by atoms with Gasteiger partial charge in [-0.05, 0) is 73.8 Å². The minimum atomic E-state index is -4.38. The molecule has 1 amide bonds. The van der Waals surface area contributed by atoms with Gasteiger partial charge in [-0.2, -0.15) is 13.2 Å². The third-order valence-corrected chi connectivity index (χ3v) is 7.78. The maximum absolute atomic E-state index is 13.4. The number of likely N-dealkylation sites (tertiary alicyclic amines) is 1. The number of piperidine rings is 1. The molecule has 206 valence electrons. The van der Waals surface area contributed by atoms with Crippen LogP contribution in [-0.2, 0) is 23.9 Å². The molecule has 2 aromatic heterocycles. The zero-order valence-electron chi connectivity index (χ0n) is 21.8. The van der Waals surface area contributed by atoms with Gasteiger partial charge in [0.05, 0.1) is 22.6 Å². The van der Waals surface area contributed by atoms with E-state index in [4.69, 9.17) is 4.98 Å². The molecule has 9 heteroatoms. The minimum absolute atomic E-state index is 0.00273. The Morgan fingerprint density at radius 2 is 1.75 bits per heavy atom. The molecule has 1 fully saturated rings. The number of imidazole rings is 1. The van der Waals surface area contributed by atoms with Crippen LogP contribution < -0.4 is 5.32 Å². The summed E-state index contributed by atoms with van der Waals surface area (Å²) in [5.74, 6) is 0.593. The second kappa shape index (κ2) is 10.8. The average molecular weight is 546 g/mol. The van der Waals surface area contributed by atoms with E-state index in [-0.39, 0.29) is 17.9 Å². The van der Waals surface area contributed by atoms with Crippen LogP contribution in [0.2, 0.25) is 0 Å². The first kappa shape index (κ1) is 26.1. The third kappa shape index (κ3) is 5.60. The number of carbonyl (C=O) groups excluding carboxylic acids is 1. The number of hydrogen-bond donors (Lipinski definition) is 3. The molecular formula is C31H30F3N5O. The van der Waals surface area contributed by atoms with Crippen molar-refractivity contribution >= 4 is 27.8 Å². The maximum Gasteiger partial charge on any atom is 0.416 e. The lowest BCUT2D eigenvalue weighted by Gasteiger charge is -2.32. The number of benzene rings is 3. The number of fused-ring (bicyclic) bond motifs is 2. The molecule has 0 spiro atoms. The predicted molar refractivity (Wildman–Crippen MR) is 148 cm³/mol. The second-order valence-corrected chi connectivity index (χ2v) is 10.5. The van der Waals surface area contributed by atoms with Gasteiger partial charge in [-0.25, -0.2) is 4.98 Å². The van der Waals surface area contributed by atoms with Crippen LogP contribution in [0.3, 0.4) is 0 Å². The summed E-state index contributed by atoms with van der Waals surface area (Å²) in [5.41, 5.74) is 3.76. The smallest absolute Gasteiger partial charge is 0.361 e. The normalized spacial score (nSPS) is 16.0. The van der Waals surface area contributed by atoms with Crippen LogP contribution in [-0.4, -0.2) is 38.8 Å². The number of nitrogens with zero attached hydrogens (tertiary/aromatic N) is 2. The van der Waals surface area contributed by atoms with E-state index in [9.17, 15) is 18.0 Å². The Labute approximate surface area is 229 Å². The number of aromatic amines is 2. The molecule has 0 radical (unpaired) electrons. The van der Waals surface area contributed by atoms with E-state index in [0.29, 0.717) is 49.8 Å². The van der Waals surface area contributed by atoms with E-state index >= 15 is 0 Å². The van der Waals surface area contributed by atoms with Gasteiger partial charge in [0.1, 0.15) is 5.82 Å². The number of rotatable bonds is 7. The zero-order valence-corrected chi connectivity index (χ0v) is 21.8. The van der Waals surface area contributed by atoms with E-state index < -0.39 is 11.7 Å². The zero-order chi connectivity index (χ0) is 27.7. The molecule has 1 unspecified atom stereocenters. The lowest BCUT2D eigenvalue weighted by atomic mass is 9.94. The van der Waals surface area contributed by atoms with Crippen LogP contribution in [0.15, 0.2) is 79.0 Å². The maximum atomic E-state index is 13.4. The molecule has 6 nitrogen and oxygen atoms in total. The molecule has 5 aromatic rings. The first-order valence-electron chi connectivity index (χ1n) is 13.5. The average Bonchev–Trinajstić information content (AvgIpc) is 3.57. The summed E-state index contributed by atoms with van der Waals surface area (Å²) in [4.78, 5) is 26.9. The number of alkyl halides is 3. The van der Waals surface area contributed by atoms with E-state index in [0.717, 1.165) is 34.1 Å². The first-order chi connectivity index (χ1) is 19.3. The fourth-order valence-corrected chi connectivity index (χ4v) is 5.57. The van der Waals surface area contributed by atoms with Gasteiger partial charge in [-0.3, -0.25) is 9.69 Å². The van der Waals surface area contributed by atoms with Gasteiger partial charge in [0.2, 0.25) is 5.91 Å². The van der Waals surface area contributed by atoms with Gasteiger partial charge in [0, 0.05) is 29.6 Å². The highest BCUT2D eigenvalue weighted by Crippen LogP contribution is 2.33. The van der Waals surface area contributed by atoms with E-state index in [1.165, 1.54) is 12.1 Å². The van der Waals surface area contributed by atoms with Crippen LogP contribution in [0, 0.1) is 5.92 Å². The number of hydrogen-bond acceptors (Lipinski definition) is 3. The van der Waals surface area contributed by atoms with Crippen molar-refractivity contribution < 1.29 is 18.0 Å². The van der Waals surface area contributed by atoms with E-state index in [2.05, 4.69) is 20.2 Å². The SMILES string of the molecule is O=C(NC(Cc1ccccc1)c1nc2ccccc2[nH]1)C1CCN(Cc2c[nH]c3ccc(C(F)(F)F)cc23)CC1. The lowest BCUT2D eigenvalue weighted by molar-refractivity contribution is -0.137. The van der Waals surface area contributed by atoms with Gasteiger partial charge in [0.25, 0.3) is 0 Å². The van der Waals surface area contributed by atoms with Crippen molar-refractivity contribution in [1.29, 1.82) is 0 Å². The highest BCUT2D eigenvalue weighted by atomic mass is 19.4. The highest BCUT2D eigenvalue weighted by molar-refractivity contribution is 5.84. The van der Waals surface area contributed by atoms with Gasteiger partial charge >= 0.3 is 6.18 Å². The fourth-order valence-electron chi connectivity index (χ4n) is 5.57. The predicted octanol–water partition coefficient (Wildman–Crippen LogP) is 6.38. The van der Waals surface area contributed by atoms with Gasteiger partial charge in [-0.1, -0.05) is 42.5 Å². The quantitative estimate of drug-likeness (QED) is 0.222. The Kier molecular flexibility index (Phi) is 7.06. The van der Waals surface area contributed by atoms with Crippen molar-refractivity contribution in [2.75, 3.05) is 13.1 Å². The standard InChI is InChI=1S/C31H30F3N5O/c32-31(33,34)23-10-11-25-24(17-23)22(18-35-25)19-39-14-12-21(13-15-39)30(40)38-28(16-20-6-2-1-3-7-20)29-36-26-8-4-5-9-27(26)37-29/h1-11,17-18,21,28,35H,12-16,19H2,(H,36,37)(H,38,40). The lowest BCUT2D eigenvalue weighted by Crippen LogP contribution is -2.41. The molecule has 0 saturated carbocycles. The monoisotopic (exact) mass is 545 g/mol. The van der Waals surface area contributed by atoms with Crippen molar-refractivity contribution in [3.63, 3.8) is 0 Å². The van der Waals surface area contributed by atoms with Gasteiger partial charge < -0.3 is 15.3 Å². The van der Waals surface area contributed by atoms with Crippen LogP contribution in [0.5, 0.6) is 0 Å².